The van der Waals surface area contributed by atoms with Crippen molar-refractivity contribution in [1.29, 1.82) is 0 Å². The van der Waals surface area contributed by atoms with Gasteiger partial charge in [0.2, 0.25) is 5.95 Å². The SMILES string of the molecule is Cc1cc2c(N3CCOC(C)C3)nc(N)nc2s1. The lowest BCUT2D eigenvalue weighted by atomic mass is 10.2. The predicted octanol–water partition coefficient (Wildman–Crippen LogP) is 1.81. The summed E-state index contributed by atoms with van der Waals surface area (Å²) in [7, 11) is 0. The van der Waals surface area contributed by atoms with E-state index in [9.17, 15) is 0 Å². The number of nitrogens with two attached hydrogens (primary N) is 1. The van der Waals surface area contributed by atoms with Crippen LogP contribution >= 0.6 is 11.3 Å². The van der Waals surface area contributed by atoms with Gasteiger partial charge in [-0.05, 0) is 19.9 Å². The zero-order valence-corrected chi connectivity index (χ0v) is 11.3. The maximum absolute atomic E-state index is 5.80. The minimum Gasteiger partial charge on any atom is -0.375 e. The number of ether oxygens (including phenoxy) is 1. The number of thiophene rings is 1. The quantitative estimate of drug-likeness (QED) is 0.851. The van der Waals surface area contributed by atoms with E-state index in [4.69, 9.17) is 10.5 Å². The molecule has 3 heterocycles. The van der Waals surface area contributed by atoms with Crippen molar-refractivity contribution in [1.82, 2.24) is 9.97 Å². The van der Waals surface area contributed by atoms with Crippen LogP contribution in [0.2, 0.25) is 0 Å². The Balaban J connectivity index is 2.09. The number of morpholine rings is 1. The van der Waals surface area contributed by atoms with Gasteiger partial charge in [-0.3, -0.25) is 0 Å². The second-order valence-corrected chi connectivity index (χ2v) is 5.84. The smallest absolute Gasteiger partial charge is 0.223 e. The summed E-state index contributed by atoms with van der Waals surface area (Å²) in [5.41, 5.74) is 5.80. The van der Waals surface area contributed by atoms with E-state index in [1.54, 1.807) is 11.3 Å². The Labute approximate surface area is 110 Å². The summed E-state index contributed by atoms with van der Waals surface area (Å²) in [4.78, 5) is 13.1. The summed E-state index contributed by atoms with van der Waals surface area (Å²) < 4.78 is 5.56. The van der Waals surface area contributed by atoms with Crippen molar-refractivity contribution in [3.63, 3.8) is 0 Å². The van der Waals surface area contributed by atoms with E-state index in [1.165, 1.54) is 4.88 Å². The molecule has 2 aromatic heterocycles. The number of fused-ring (bicyclic) bond motifs is 1. The van der Waals surface area contributed by atoms with Crippen LogP contribution in [0, 0.1) is 6.92 Å². The third-order valence-electron chi connectivity index (χ3n) is 3.05. The van der Waals surface area contributed by atoms with Crippen molar-refractivity contribution in [3.8, 4) is 0 Å². The lowest BCUT2D eigenvalue weighted by Crippen LogP contribution is -2.41. The maximum Gasteiger partial charge on any atom is 0.223 e. The topological polar surface area (TPSA) is 64.3 Å². The van der Waals surface area contributed by atoms with Gasteiger partial charge < -0.3 is 15.4 Å². The Morgan fingerprint density at radius 2 is 2.33 bits per heavy atom. The van der Waals surface area contributed by atoms with Crippen LogP contribution in [-0.2, 0) is 4.74 Å². The zero-order valence-electron chi connectivity index (χ0n) is 10.5. The Kier molecular flexibility index (Phi) is 2.83. The molecule has 1 unspecified atom stereocenters. The van der Waals surface area contributed by atoms with Crippen LogP contribution in [0.5, 0.6) is 0 Å². The van der Waals surface area contributed by atoms with Crippen molar-refractivity contribution in [2.45, 2.75) is 20.0 Å². The molecule has 0 aromatic carbocycles. The van der Waals surface area contributed by atoms with E-state index in [-0.39, 0.29) is 6.10 Å². The first kappa shape index (κ1) is 11.7. The summed E-state index contributed by atoms with van der Waals surface area (Å²) in [6.07, 6.45) is 0.227. The molecule has 1 atom stereocenters. The van der Waals surface area contributed by atoms with Crippen LogP contribution in [0.4, 0.5) is 11.8 Å². The fourth-order valence-electron chi connectivity index (χ4n) is 2.29. The lowest BCUT2D eigenvalue weighted by Gasteiger charge is -2.32. The highest BCUT2D eigenvalue weighted by atomic mass is 32.1. The van der Waals surface area contributed by atoms with Crippen molar-refractivity contribution in [2.75, 3.05) is 30.3 Å². The van der Waals surface area contributed by atoms with Crippen molar-refractivity contribution in [3.05, 3.63) is 10.9 Å². The largest absolute Gasteiger partial charge is 0.375 e. The number of nitrogen functional groups attached to an aromatic ring is 1. The van der Waals surface area contributed by atoms with Gasteiger partial charge in [-0.15, -0.1) is 11.3 Å². The Hall–Kier alpha value is -1.40. The molecule has 96 valence electrons. The highest BCUT2D eigenvalue weighted by Gasteiger charge is 2.21. The van der Waals surface area contributed by atoms with Crippen molar-refractivity contribution >= 4 is 33.3 Å². The number of aryl methyl sites for hydroxylation is 1. The van der Waals surface area contributed by atoms with Crippen LogP contribution in [-0.4, -0.2) is 35.8 Å². The highest BCUT2D eigenvalue weighted by Crippen LogP contribution is 2.31. The van der Waals surface area contributed by atoms with Gasteiger partial charge in [0.25, 0.3) is 0 Å². The van der Waals surface area contributed by atoms with Gasteiger partial charge in [0.05, 0.1) is 18.1 Å². The van der Waals surface area contributed by atoms with Gasteiger partial charge in [-0.2, -0.15) is 4.98 Å². The van der Waals surface area contributed by atoms with Crippen molar-refractivity contribution in [2.24, 2.45) is 0 Å². The van der Waals surface area contributed by atoms with Crippen LogP contribution in [0.3, 0.4) is 0 Å². The summed E-state index contributed by atoms with van der Waals surface area (Å²) in [6, 6.07) is 2.13. The first-order valence-electron chi connectivity index (χ1n) is 6.03. The molecule has 0 spiro atoms. The normalized spacial score (nSPS) is 20.6. The molecule has 2 N–H and O–H groups in total. The fraction of sp³-hybridized carbons (Fsp3) is 0.500. The van der Waals surface area contributed by atoms with Crippen LogP contribution in [0.1, 0.15) is 11.8 Å². The first-order chi connectivity index (χ1) is 8.63. The van der Waals surface area contributed by atoms with Crippen LogP contribution in [0.25, 0.3) is 10.2 Å². The molecule has 6 heteroatoms. The van der Waals surface area contributed by atoms with E-state index < -0.39 is 0 Å². The second-order valence-electron chi connectivity index (χ2n) is 4.61. The molecule has 0 saturated carbocycles. The van der Waals surface area contributed by atoms with Gasteiger partial charge in [0, 0.05) is 18.0 Å². The molecule has 5 nitrogen and oxygen atoms in total. The molecule has 0 amide bonds. The average molecular weight is 264 g/mol. The highest BCUT2D eigenvalue weighted by molar-refractivity contribution is 7.18. The van der Waals surface area contributed by atoms with E-state index in [2.05, 4.69) is 34.8 Å². The maximum atomic E-state index is 5.80. The van der Waals surface area contributed by atoms with Crippen LogP contribution in [0.15, 0.2) is 6.07 Å². The standard InChI is InChI=1S/C12H16N4OS/c1-7-6-16(3-4-17-7)10-9-5-8(2)18-11(9)15-12(13)14-10/h5,7H,3-4,6H2,1-2H3,(H2,13,14,15). The molecule has 1 aliphatic heterocycles. The summed E-state index contributed by atoms with van der Waals surface area (Å²) in [5.74, 6) is 1.29. The minimum absolute atomic E-state index is 0.227. The van der Waals surface area contributed by atoms with E-state index in [1.807, 2.05) is 0 Å². The third-order valence-corrected chi connectivity index (χ3v) is 4.00. The lowest BCUT2D eigenvalue weighted by molar-refractivity contribution is 0.0530. The number of anilines is 2. The molecular weight excluding hydrogens is 248 g/mol. The molecule has 0 aliphatic carbocycles. The van der Waals surface area contributed by atoms with Gasteiger partial charge in [0.15, 0.2) is 0 Å². The monoisotopic (exact) mass is 264 g/mol. The number of hydrogen-bond donors (Lipinski definition) is 1. The summed E-state index contributed by atoms with van der Waals surface area (Å²) >= 11 is 1.66. The molecule has 18 heavy (non-hydrogen) atoms. The van der Waals surface area contributed by atoms with E-state index in [0.29, 0.717) is 5.95 Å². The van der Waals surface area contributed by atoms with E-state index in [0.717, 1.165) is 35.7 Å². The number of aromatic nitrogens is 2. The van der Waals surface area contributed by atoms with E-state index >= 15 is 0 Å². The Morgan fingerprint density at radius 1 is 1.50 bits per heavy atom. The average Bonchev–Trinajstić information content (AvgIpc) is 2.68. The number of nitrogens with zero attached hydrogens (tertiary/aromatic N) is 3. The zero-order chi connectivity index (χ0) is 12.7. The number of rotatable bonds is 1. The Bertz CT molecular complexity index is 583. The summed E-state index contributed by atoms with van der Waals surface area (Å²) in [5, 5.41) is 1.10. The Morgan fingerprint density at radius 3 is 3.11 bits per heavy atom. The molecule has 1 fully saturated rings. The van der Waals surface area contributed by atoms with Gasteiger partial charge in [-0.1, -0.05) is 0 Å². The second kappa shape index (κ2) is 4.37. The minimum atomic E-state index is 0.227. The molecule has 0 radical (unpaired) electrons. The molecule has 0 bridgehead atoms. The van der Waals surface area contributed by atoms with Crippen LogP contribution < -0.4 is 10.6 Å². The third kappa shape index (κ3) is 2.02. The molecular formula is C12H16N4OS. The molecule has 3 rings (SSSR count). The molecule has 2 aromatic rings. The first-order valence-corrected chi connectivity index (χ1v) is 6.85. The van der Waals surface area contributed by atoms with Crippen molar-refractivity contribution < 1.29 is 4.74 Å². The van der Waals surface area contributed by atoms with Gasteiger partial charge >= 0.3 is 0 Å². The fourth-order valence-corrected chi connectivity index (χ4v) is 3.18. The van der Waals surface area contributed by atoms with Gasteiger partial charge in [-0.25, -0.2) is 4.98 Å². The summed E-state index contributed by atoms with van der Waals surface area (Å²) in [6.45, 7) is 6.59. The predicted molar refractivity (Wildman–Crippen MR) is 74.2 cm³/mol. The van der Waals surface area contributed by atoms with Gasteiger partial charge in [0.1, 0.15) is 10.6 Å². The molecule has 1 aliphatic rings. The number of hydrogen-bond acceptors (Lipinski definition) is 6. The molecule has 1 saturated heterocycles.